The molecule has 0 saturated carbocycles. The van der Waals surface area contributed by atoms with Crippen LogP contribution in [0.15, 0.2) is 28.2 Å². The number of nitriles is 1. The van der Waals surface area contributed by atoms with E-state index < -0.39 is 28.7 Å². The third-order valence-electron chi connectivity index (χ3n) is 2.75. The molecule has 22 heavy (non-hydrogen) atoms. The van der Waals surface area contributed by atoms with Crippen LogP contribution in [0.4, 0.5) is 17.6 Å². The van der Waals surface area contributed by atoms with E-state index in [1.54, 1.807) is 12.3 Å². The van der Waals surface area contributed by atoms with Gasteiger partial charge in [-0.25, -0.2) is 9.37 Å². The Morgan fingerprint density at radius 3 is 2.55 bits per heavy atom. The molecule has 0 atom stereocenters. The van der Waals surface area contributed by atoms with Gasteiger partial charge in [-0.2, -0.15) is 18.4 Å². The standard InChI is InChI=1S/C13H7F4N3OS/c1-22-12-19-10(8(5-18)11(21)20-12)7-3-2-6(4-9(7)14)13(15,16)17/h2-4H,1H3,(H,19,20,21). The molecule has 0 spiro atoms. The van der Waals surface area contributed by atoms with Crippen LogP contribution in [-0.4, -0.2) is 16.2 Å². The van der Waals surface area contributed by atoms with E-state index in [4.69, 9.17) is 5.26 Å². The molecule has 1 heterocycles. The minimum absolute atomic E-state index is 0.123. The van der Waals surface area contributed by atoms with Gasteiger partial charge in [0, 0.05) is 5.56 Å². The Kier molecular flexibility index (Phi) is 4.23. The van der Waals surface area contributed by atoms with Gasteiger partial charge in [0.15, 0.2) is 5.16 Å². The average molecular weight is 329 g/mol. The zero-order chi connectivity index (χ0) is 16.5. The van der Waals surface area contributed by atoms with Crippen LogP contribution >= 0.6 is 11.8 Å². The number of benzene rings is 1. The summed E-state index contributed by atoms with van der Waals surface area (Å²) < 4.78 is 51.6. The number of thioether (sulfide) groups is 1. The molecular formula is C13H7F4N3OS. The lowest BCUT2D eigenvalue weighted by molar-refractivity contribution is -0.137. The van der Waals surface area contributed by atoms with Gasteiger partial charge < -0.3 is 4.98 Å². The maximum absolute atomic E-state index is 14.0. The summed E-state index contributed by atoms with van der Waals surface area (Å²) in [5, 5.41) is 9.10. The smallest absolute Gasteiger partial charge is 0.300 e. The number of nitrogens with zero attached hydrogens (tertiary/aromatic N) is 2. The van der Waals surface area contributed by atoms with Crippen molar-refractivity contribution in [2.24, 2.45) is 0 Å². The SMILES string of the molecule is CSc1nc(-c2ccc(C(F)(F)F)cc2F)c(C#N)c(=O)[nH]1. The lowest BCUT2D eigenvalue weighted by Gasteiger charge is -2.10. The van der Waals surface area contributed by atoms with Crippen molar-refractivity contribution < 1.29 is 17.6 Å². The normalized spacial score (nSPS) is 11.3. The summed E-state index contributed by atoms with van der Waals surface area (Å²) in [6, 6.07) is 3.40. The van der Waals surface area contributed by atoms with E-state index in [-0.39, 0.29) is 16.4 Å². The molecule has 0 aliphatic rings. The van der Waals surface area contributed by atoms with Gasteiger partial charge in [-0.15, -0.1) is 0 Å². The van der Waals surface area contributed by atoms with E-state index in [2.05, 4.69) is 9.97 Å². The van der Waals surface area contributed by atoms with Gasteiger partial charge in [-0.3, -0.25) is 4.79 Å². The largest absolute Gasteiger partial charge is 0.416 e. The molecule has 114 valence electrons. The summed E-state index contributed by atoms with van der Waals surface area (Å²) in [5.41, 5.74) is -3.04. The van der Waals surface area contributed by atoms with Crippen LogP contribution in [0.3, 0.4) is 0 Å². The first kappa shape index (κ1) is 16.0. The summed E-state index contributed by atoms with van der Waals surface area (Å²) in [6.45, 7) is 0. The molecule has 0 bridgehead atoms. The van der Waals surface area contributed by atoms with Crippen LogP contribution in [-0.2, 0) is 6.18 Å². The molecule has 9 heteroatoms. The van der Waals surface area contributed by atoms with Crippen molar-refractivity contribution in [3.8, 4) is 17.3 Å². The minimum atomic E-state index is -4.69. The number of alkyl halides is 3. The second-order valence-corrected chi connectivity index (χ2v) is 4.90. The van der Waals surface area contributed by atoms with Gasteiger partial charge in [0.25, 0.3) is 5.56 Å². The van der Waals surface area contributed by atoms with Crippen molar-refractivity contribution in [1.82, 2.24) is 9.97 Å². The summed E-state index contributed by atoms with van der Waals surface area (Å²) in [5.74, 6) is -1.21. The fourth-order valence-electron chi connectivity index (χ4n) is 1.73. The Morgan fingerprint density at radius 2 is 2.05 bits per heavy atom. The molecule has 2 rings (SSSR count). The first-order chi connectivity index (χ1) is 10.3. The molecule has 1 N–H and O–H groups in total. The highest BCUT2D eigenvalue weighted by Crippen LogP contribution is 2.32. The van der Waals surface area contributed by atoms with Gasteiger partial charge in [0.05, 0.1) is 11.3 Å². The van der Waals surface area contributed by atoms with Gasteiger partial charge in [-0.1, -0.05) is 11.8 Å². The summed E-state index contributed by atoms with van der Waals surface area (Å²) in [6.07, 6.45) is -3.10. The molecule has 1 aromatic carbocycles. The number of aromatic amines is 1. The van der Waals surface area contributed by atoms with Crippen molar-refractivity contribution >= 4 is 11.8 Å². The predicted octanol–water partition coefficient (Wildman–Crippen LogP) is 3.19. The third kappa shape index (κ3) is 2.96. The van der Waals surface area contributed by atoms with E-state index >= 15 is 0 Å². The van der Waals surface area contributed by atoms with Crippen molar-refractivity contribution in [2.75, 3.05) is 6.26 Å². The first-order valence-electron chi connectivity index (χ1n) is 5.73. The molecule has 0 fully saturated rings. The van der Waals surface area contributed by atoms with Gasteiger partial charge in [0.2, 0.25) is 0 Å². The van der Waals surface area contributed by atoms with Crippen LogP contribution in [0.2, 0.25) is 0 Å². The number of aromatic nitrogens is 2. The maximum Gasteiger partial charge on any atom is 0.416 e. The van der Waals surface area contributed by atoms with Gasteiger partial charge in [-0.05, 0) is 24.5 Å². The average Bonchev–Trinajstić information content (AvgIpc) is 2.45. The molecule has 0 saturated heterocycles. The molecule has 4 nitrogen and oxygen atoms in total. The number of nitrogens with one attached hydrogen (secondary N) is 1. The fourth-order valence-corrected chi connectivity index (χ4v) is 2.11. The number of halogens is 4. The highest BCUT2D eigenvalue weighted by molar-refractivity contribution is 7.98. The van der Waals surface area contributed by atoms with Crippen LogP contribution < -0.4 is 5.56 Å². The summed E-state index contributed by atoms with van der Waals surface area (Å²) in [7, 11) is 0. The van der Waals surface area contributed by atoms with Crippen LogP contribution in [0.25, 0.3) is 11.3 Å². The first-order valence-corrected chi connectivity index (χ1v) is 6.96. The Hall–Kier alpha value is -2.34. The molecule has 0 unspecified atom stereocenters. The molecule has 0 amide bonds. The lowest BCUT2D eigenvalue weighted by atomic mass is 10.0. The number of hydrogen-bond donors (Lipinski definition) is 1. The molecule has 0 aliphatic carbocycles. The van der Waals surface area contributed by atoms with E-state index in [9.17, 15) is 22.4 Å². The third-order valence-corrected chi connectivity index (χ3v) is 3.33. The summed E-state index contributed by atoms with van der Waals surface area (Å²) >= 11 is 1.05. The Labute approximate surface area is 125 Å². The zero-order valence-corrected chi connectivity index (χ0v) is 11.8. The number of H-pyrrole nitrogens is 1. The molecular weight excluding hydrogens is 322 g/mol. The number of hydrogen-bond acceptors (Lipinski definition) is 4. The van der Waals surface area contributed by atoms with Crippen molar-refractivity contribution in [1.29, 1.82) is 5.26 Å². The predicted molar refractivity (Wildman–Crippen MR) is 71.7 cm³/mol. The molecule has 2 aromatic rings. The van der Waals surface area contributed by atoms with Crippen LogP contribution in [0.1, 0.15) is 11.1 Å². The minimum Gasteiger partial charge on any atom is -0.300 e. The highest BCUT2D eigenvalue weighted by Gasteiger charge is 2.31. The monoisotopic (exact) mass is 329 g/mol. The van der Waals surface area contributed by atoms with E-state index in [1.165, 1.54) is 0 Å². The quantitative estimate of drug-likeness (QED) is 0.522. The van der Waals surface area contributed by atoms with Crippen molar-refractivity contribution in [2.45, 2.75) is 11.3 Å². The highest BCUT2D eigenvalue weighted by atomic mass is 32.2. The Morgan fingerprint density at radius 1 is 1.36 bits per heavy atom. The van der Waals surface area contributed by atoms with Crippen molar-refractivity contribution in [3.05, 3.63) is 45.5 Å². The van der Waals surface area contributed by atoms with Crippen LogP contribution in [0, 0.1) is 17.1 Å². The van der Waals surface area contributed by atoms with Gasteiger partial charge in [0.1, 0.15) is 17.4 Å². The van der Waals surface area contributed by atoms with E-state index in [1.807, 2.05) is 0 Å². The van der Waals surface area contributed by atoms with Crippen molar-refractivity contribution in [3.63, 3.8) is 0 Å². The Balaban J connectivity index is 2.70. The number of rotatable bonds is 2. The topological polar surface area (TPSA) is 69.5 Å². The second kappa shape index (κ2) is 5.81. The van der Waals surface area contributed by atoms with E-state index in [0.29, 0.717) is 12.1 Å². The maximum atomic E-state index is 14.0. The van der Waals surface area contributed by atoms with Gasteiger partial charge >= 0.3 is 6.18 Å². The molecule has 1 aromatic heterocycles. The molecule has 0 aliphatic heterocycles. The Bertz CT molecular complexity index is 824. The summed E-state index contributed by atoms with van der Waals surface area (Å²) in [4.78, 5) is 18.0. The molecule has 0 radical (unpaired) electrons. The zero-order valence-electron chi connectivity index (χ0n) is 11.0. The fraction of sp³-hybridized carbons (Fsp3) is 0.154. The van der Waals surface area contributed by atoms with Crippen LogP contribution in [0.5, 0.6) is 0 Å². The second-order valence-electron chi connectivity index (χ2n) is 4.10. The van der Waals surface area contributed by atoms with E-state index in [0.717, 1.165) is 17.8 Å². The lowest BCUT2D eigenvalue weighted by Crippen LogP contribution is -2.15.